The van der Waals surface area contributed by atoms with Gasteiger partial charge in [-0.3, -0.25) is 0 Å². The second kappa shape index (κ2) is 8.28. The largest absolute Gasteiger partial charge is 0.312 e. The van der Waals surface area contributed by atoms with Crippen LogP contribution < -0.4 is 5.32 Å². The summed E-state index contributed by atoms with van der Waals surface area (Å²) in [7, 11) is 0. The van der Waals surface area contributed by atoms with Gasteiger partial charge < -0.3 is 5.32 Å². The highest BCUT2D eigenvalue weighted by Gasteiger charge is 2.08. The summed E-state index contributed by atoms with van der Waals surface area (Å²) in [5.74, 6) is 0.858. The molecule has 1 heteroatoms. The van der Waals surface area contributed by atoms with Gasteiger partial charge in [0.05, 0.1) is 0 Å². The van der Waals surface area contributed by atoms with Crippen molar-refractivity contribution in [2.75, 3.05) is 0 Å². The summed E-state index contributed by atoms with van der Waals surface area (Å²) in [6.45, 7) is 11.4. The van der Waals surface area contributed by atoms with Crippen molar-refractivity contribution < 1.29 is 0 Å². The van der Waals surface area contributed by atoms with Gasteiger partial charge in [-0.05, 0) is 32.1 Å². The first kappa shape index (κ1) is 14.0. The molecule has 0 saturated carbocycles. The molecule has 0 rings (SSSR count). The molecule has 86 valence electrons. The average Bonchev–Trinajstić information content (AvgIpc) is 2.15. The third-order valence-corrected chi connectivity index (χ3v) is 2.96. The average molecular weight is 199 g/mol. The quantitative estimate of drug-likeness (QED) is 0.623. The van der Waals surface area contributed by atoms with Gasteiger partial charge in [-0.25, -0.2) is 0 Å². The molecule has 0 fully saturated rings. The number of nitrogens with one attached hydrogen (secondary N) is 1. The number of hydrogen-bond acceptors (Lipinski definition) is 1. The minimum atomic E-state index is 0.680. The molecule has 0 amide bonds. The third-order valence-electron chi connectivity index (χ3n) is 2.96. The van der Waals surface area contributed by atoms with Crippen LogP contribution in [-0.4, -0.2) is 12.1 Å². The van der Waals surface area contributed by atoms with Crippen LogP contribution in [0.5, 0.6) is 0 Å². The van der Waals surface area contributed by atoms with E-state index in [-0.39, 0.29) is 0 Å². The molecular formula is C13H29N. The van der Waals surface area contributed by atoms with Crippen LogP contribution in [-0.2, 0) is 0 Å². The molecule has 2 atom stereocenters. The van der Waals surface area contributed by atoms with Crippen molar-refractivity contribution in [1.82, 2.24) is 5.32 Å². The molecule has 0 aliphatic carbocycles. The molecule has 1 N–H and O–H groups in total. The fourth-order valence-electron chi connectivity index (χ4n) is 1.70. The summed E-state index contributed by atoms with van der Waals surface area (Å²) >= 11 is 0. The van der Waals surface area contributed by atoms with E-state index < -0.39 is 0 Å². The van der Waals surface area contributed by atoms with E-state index in [2.05, 4.69) is 39.9 Å². The maximum absolute atomic E-state index is 3.69. The molecule has 0 aromatic carbocycles. The van der Waals surface area contributed by atoms with Crippen LogP contribution in [0.25, 0.3) is 0 Å². The summed E-state index contributed by atoms with van der Waals surface area (Å²) in [6.07, 6.45) is 6.60. The van der Waals surface area contributed by atoms with Gasteiger partial charge in [-0.15, -0.1) is 0 Å². The Hall–Kier alpha value is -0.0400. The van der Waals surface area contributed by atoms with Crippen LogP contribution in [0.3, 0.4) is 0 Å². The molecular weight excluding hydrogens is 170 g/mol. The minimum Gasteiger partial charge on any atom is -0.312 e. The predicted molar refractivity (Wildman–Crippen MR) is 65.7 cm³/mol. The van der Waals surface area contributed by atoms with Gasteiger partial charge in [0.2, 0.25) is 0 Å². The van der Waals surface area contributed by atoms with E-state index in [1.54, 1.807) is 0 Å². The Labute approximate surface area is 90.7 Å². The first-order valence-corrected chi connectivity index (χ1v) is 6.36. The van der Waals surface area contributed by atoms with Gasteiger partial charge in [0, 0.05) is 12.1 Å². The lowest BCUT2D eigenvalue weighted by Gasteiger charge is -2.21. The molecule has 0 heterocycles. The standard InChI is InChI=1S/C13H29N/c1-6-12(5)14-13(7-2)10-8-9-11(3)4/h11-14H,6-10H2,1-5H3. The van der Waals surface area contributed by atoms with Crippen molar-refractivity contribution in [3.05, 3.63) is 0 Å². The lowest BCUT2D eigenvalue weighted by atomic mass is 10.0. The molecule has 0 aliphatic rings. The van der Waals surface area contributed by atoms with E-state index in [1.807, 2.05) is 0 Å². The van der Waals surface area contributed by atoms with Crippen LogP contribution in [0.4, 0.5) is 0 Å². The van der Waals surface area contributed by atoms with Crippen molar-refractivity contribution >= 4 is 0 Å². The van der Waals surface area contributed by atoms with E-state index in [1.165, 1.54) is 32.1 Å². The second-order valence-electron chi connectivity index (χ2n) is 4.91. The molecule has 0 aromatic rings. The van der Waals surface area contributed by atoms with Crippen LogP contribution in [0.1, 0.15) is 66.7 Å². The monoisotopic (exact) mass is 199 g/mol. The summed E-state index contributed by atoms with van der Waals surface area (Å²) < 4.78 is 0. The van der Waals surface area contributed by atoms with Crippen molar-refractivity contribution in [3.63, 3.8) is 0 Å². The highest BCUT2D eigenvalue weighted by molar-refractivity contribution is 4.69. The zero-order valence-corrected chi connectivity index (χ0v) is 10.8. The van der Waals surface area contributed by atoms with E-state index >= 15 is 0 Å². The van der Waals surface area contributed by atoms with Gasteiger partial charge in [-0.2, -0.15) is 0 Å². The maximum Gasteiger partial charge on any atom is 0.00669 e. The summed E-state index contributed by atoms with van der Waals surface area (Å²) in [6, 6.07) is 1.42. The lowest BCUT2D eigenvalue weighted by Crippen LogP contribution is -2.35. The Morgan fingerprint density at radius 2 is 1.57 bits per heavy atom. The smallest absolute Gasteiger partial charge is 0.00669 e. The van der Waals surface area contributed by atoms with Crippen LogP contribution in [0, 0.1) is 5.92 Å². The Balaban J connectivity index is 3.57. The van der Waals surface area contributed by atoms with Crippen molar-refractivity contribution in [2.45, 2.75) is 78.8 Å². The molecule has 0 bridgehead atoms. The number of rotatable bonds is 8. The normalized spacial score (nSPS) is 15.9. The highest BCUT2D eigenvalue weighted by Crippen LogP contribution is 2.11. The first-order chi connectivity index (χ1) is 6.60. The van der Waals surface area contributed by atoms with Crippen molar-refractivity contribution in [2.24, 2.45) is 5.92 Å². The summed E-state index contributed by atoms with van der Waals surface area (Å²) in [5, 5.41) is 3.69. The predicted octanol–water partition coefficient (Wildman–Crippen LogP) is 3.98. The van der Waals surface area contributed by atoms with Crippen LogP contribution >= 0.6 is 0 Å². The fraction of sp³-hybridized carbons (Fsp3) is 1.00. The SMILES string of the molecule is CCC(C)NC(CC)CCCC(C)C. The molecule has 0 aliphatic heterocycles. The highest BCUT2D eigenvalue weighted by atomic mass is 14.9. The summed E-state index contributed by atoms with van der Waals surface area (Å²) in [4.78, 5) is 0. The zero-order chi connectivity index (χ0) is 11.0. The Morgan fingerprint density at radius 3 is 2.00 bits per heavy atom. The van der Waals surface area contributed by atoms with Gasteiger partial charge in [-0.1, -0.05) is 40.5 Å². The van der Waals surface area contributed by atoms with Crippen LogP contribution in [0.2, 0.25) is 0 Å². The van der Waals surface area contributed by atoms with Gasteiger partial charge in [0.25, 0.3) is 0 Å². The Kier molecular flexibility index (Phi) is 8.26. The van der Waals surface area contributed by atoms with Gasteiger partial charge in [0.1, 0.15) is 0 Å². The van der Waals surface area contributed by atoms with Gasteiger partial charge >= 0.3 is 0 Å². The Morgan fingerprint density at radius 1 is 0.929 bits per heavy atom. The van der Waals surface area contributed by atoms with E-state index in [0.717, 1.165) is 12.0 Å². The molecule has 1 nitrogen and oxygen atoms in total. The van der Waals surface area contributed by atoms with E-state index in [9.17, 15) is 0 Å². The molecule has 0 radical (unpaired) electrons. The van der Waals surface area contributed by atoms with Crippen LogP contribution in [0.15, 0.2) is 0 Å². The lowest BCUT2D eigenvalue weighted by molar-refractivity contribution is 0.385. The maximum atomic E-state index is 3.69. The van der Waals surface area contributed by atoms with Crippen molar-refractivity contribution in [3.8, 4) is 0 Å². The molecule has 0 spiro atoms. The van der Waals surface area contributed by atoms with E-state index in [0.29, 0.717) is 6.04 Å². The van der Waals surface area contributed by atoms with Gasteiger partial charge in [0.15, 0.2) is 0 Å². The summed E-state index contributed by atoms with van der Waals surface area (Å²) in [5.41, 5.74) is 0. The molecule has 2 unspecified atom stereocenters. The number of hydrogen-bond donors (Lipinski definition) is 1. The zero-order valence-electron chi connectivity index (χ0n) is 10.8. The first-order valence-electron chi connectivity index (χ1n) is 6.36. The molecule has 0 aromatic heterocycles. The van der Waals surface area contributed by atoms with E-state index in [4.69, 9.17) is 0 Å². The topological polar surface area (TPSA) is 12.0 Å². The second-order valence-corrected chi connectivity index (χ2v) is 4.91. The van der Waals surface area contributed by atoms with Crippen molar-refractivity contribution in [1.29, 1.82) is 0 Å². The third kappa shape index (κ3) is 7.37. The molecule has 0 saturated heterocycles. The molecule has 14 heavy (non-hydrogen) atoms. The fourth-order valence-corrected chi connectivity index (χ4v) is 1.70. The minimum absolute atomic E-state index is 0.680. The Bertz CT molecular complexity index is 120.